The number of ether oxygens (including phenoxy) is 2. The summed E-state index contributed by atoms with van der Waals surface area (Å²) in [4.78, 5) is 24.9. The molecule has 218 valence electrons. The molecule has 0 spiro atoms. The molecule has 1 rings (SSSR count). The molecule has 1 unspecified atom stereocenters. The zero-order valence-corrected chi connectivity index (χ0v) is 27.4. The monoisotopic (exact) mass is 576 g/mol. The first-order valence-corrected chi connectivity index (χ1v) is 16.2. The summed E-state index contributed by atoms with van der Waals surface area (Å²) < 4.78 is 43.8. The van der Waals surface area contributed by atoms with Crippen molar-refractivity contribution in [3.8, 4) is 0 Å². The molecule has 0 heterocycles. The van der Waals surface area contributed by atoms with Crippen LogP contribution in [-0.4, -0.2) is 37.0 Å². The zero-order valence-electron chi connectivity index (χ0n) is 24.6. The standard InChI is InChI=1S/C30H50O7S.Na/c1-3-5-6-7-8-9-10-11-12-13-14-15-16-17-18-19-22-25-36-29(31)26-23-20-21-24-27(26)30(32)37-28(4-2)38(33,34)35;/h20-21,23-24,28H,3-19,22,25H2,1-2H3,(H,33,34,35);/q;+1/p-1. The molecule has 0 aliphatic heterocycles. The third-order valence-corrected chi connectivity index (χ3v) is 7.82. The number of carbonyl (C=O) groups is 2. The largest absolute Gasteiger partial charge is 1.00 e. The van der Waals surface area contributed by atoms with Crippen molar-refractivity contribution < 1.29 is 61.6 Å². The molecule has 0 amide bonds. The molecule has 0 fully saturated rings. The van der Waals surface area contributed by atoms with Gasteiger partial charge in [0.15, 0.2) is 5.44 Å². The van der Waals surface area contributed by atoms with Gasteiger partial charge in [-0.1, -0.05) is 129 Å². The molecule has 0 N–H and O–H groups in total. The van der Waals surface area contributed by atoms with Crippen LogP contribution in [0.4, 0.5) is 0 Å². The van der Waals surface area contributed by atoms with Crippen LogP contribution in [0.1, 0.15) is 150 Å². The number of carbonyl (C=O) groups excluding carboxylic acids is 2. The quantitative estimate of drug-likeness (QED) is 0.0786. The van der Waals surface area contributed by atoms with Crippen LogP contribution in [0, 0.1) is 0 Å². The van der Waals surface area contributed by atoms with Gasteiger partial charge in [0.25, 0.3) is 0 Å². The third kappa shape index (κ3) is 18.2. The SMILES string of the molecule is CCCCCCCCCCCCCCCCCCCOC(=O)c1ccccc1C(=O)OC(CC)S(=O)(=O)[O-].[Na+]. The molecule has 0 radical (unpaired) electrons. The van der Waals surface area contributed by atoms with Crippen LogP contribution in [0.25, 0.3) is 0 Å². The van der Waals surface area contributed by atoms with Crippen LogP contribution in [-0.2, 0) is 19.6 Å². The third-order valence-electron chi connectivity index (χ3n) is 6.74. The van der Waals surface area contributed by atoms with Gasteiger partial charge in [0, 0.05) is 0 Å². The Labute approximate surface area is 259 Å². The molecule has 39 heavy (non-hydrogen) atoms. The Bertz CT molecular complexity index is 889. The summed E-state index contributed by atoms with van der Waals surface area (Å²) in [5.41, 5.74) is -1.93. The van der Waals surface area contributed by atoms with Crippen LogP contribution in [0.15, 0.2) is 24.3 Å². The maximum absolute atomic E-state index is 12.5. The number of unbranched alkanes of at least 4 members (excludes halogenated alkanes) is 16. The maximum Gasteiger partial charge on any atom is 1.00 e. The van der Waals surface area contributed by atoms with Gasteiger partial charge in [0.1, 0.15) is 10.1 Å². The van der Waals surface area contributed by atoms with E-state index in [9.17, 15) is 22.6 Å². The summed E-state index contributed by atoms with van der Waals surface area (Å²) in [5.74, 6) is -1.71. The molecular weight excluding hydrogens is 527 g/mol. The summed E-state index contributed by atoms with van der Waals surface area (Å²) in [6.07, 6.45) is 21.4. The number of hydrogen-bond acceptors (Lipinski definition) is 7. The topological polar surface area (TPSA) is 110 Å². The van der Waals surface area contributed by atoms with E-state index in [1.165, 1.54) is 115 Å². The van der Waals surface area contributed by atoms with Crippen LogP contribution >= 0.6 is 0 Å². The number of esters is 2. The minimum atomic E-state index is -4.80. The molecule has 1 aromatic carbocycles. The van der Waals surface area contributed by atoms with Gasteiger partial charge in [-0.05, 0) is 25.0 Å². The van der Waals surface area contributed by atoms with Gasteiger partial charge in [0.2, 0.25) is 0 Å². The molecule has 1 aromatic rings. The molecule has 1 atom stereocenters. The van der Waals surface area contributed by atoms with E-state index in [-0.39, 0.29) is 53.7 Å². The Kier molecular flexibility index (Phi) is 23.2. The fraction of sp³-hybridized carbons (Fsp3) is 0.733. The van der Waals surface area contributed by atoms with Gasteiger partial charge < -0.3 is 14.0 Å². The van der Waals surface area contributed by atoms with Gasteiger partial charge in [-0.25, -0.2) is 18.0 Å². The van der Waals surface area contributed by atoms with Gasteiger partial charge in [-0.3, -0.25) is 0 Å². The zero-order chi connectivity index (χ0) is 28.1. The van der Waals surface area contributed by atoms with Gasteiger partial charge >= 0.3 is 41.5 Å². The Morgan fingerprint density at radius 1 is 0.692 bits per heavy atom. The van der Waals surface area contributed by atoms with Crippen molar-refractivity contribution in [1.29, 1.82) is 0 Å². The Morgan fingerprint density at radius 3 is 1.46 bits per heavy atom. The van der Waals surface area contributed by atoms with E-state index in [2.05, 4.69) is 6.92 Å². The van der Waals surface area contributed by atoms with Crippen molar-refractivity contribution in [2.75, 3.05) is 6.61 Å². The van der Waals surface area contributed by atoms with Crippen LogP contribution in [0.5, 0.6) is 0 Å². The molecule has 0 aliphatic carbocycles. The number of rotatable bonds is 23. The van der Waals surface area contributed by atoms with Gasteiger partial charge in [0.05, 0.1) is 17.7 Å². The van der Waals surface area contributed by atoms with E-state index in [1.807, 2.05) is 0 Å². The minimum absolute atomic E-state index is 0. The van der Waals surface area contributed by atoms with Crippen LogP contribution in [0.2, 0.25) is 0 Å². The summed E-state index contributed by atoms with van der Waals surface area (Å²) in [5, 5.41) is 0. The second-order valence-corrected chi connectivity index (χ2v) is 11.6. The Balaban J connectivity index is 0.0000144. The van der Waals surface area contributed by atoms with Crippen molar-refractivity contribution in [2.45, 2.75) is 135 Å². The fourth-order valence-corrected chi connectivity index (χ4v) is 5.05. The summed E-state index contributed by atoms with van der Waals surface area (Å²) in [7, 11) is -4.80. The first kappa shape index (κ1) is 38.1. The minimum Gasteiger partial charge on any atom is -0.745 e. The average molecular weight is 577 g/mol. The first-order valence-electron chi connectivity index (χ1n) is 14.7. The maximum atomic E-state index is 12.5. The van der Waals surface area contributed by atoms with Crippen molar-refractivity contribution in [3.05, 3.63) is 35.4 Å². The average Bonchev–Trinajstić information content (AvgIpc) is 2.90. The van der Waals surface area contributed by atoms with E-state index in [0.717, 1.165) is 19.3 Å². The van der Waals surface area contributed by atoms with Crippen molar-refractivity contribution >= 4 is 22.1 Å². The van der Waals surface area contributed by atoms with Crippen molar-refractivity contribution in [1.82, 2.24) is 0 Å². The molecule has 7 nitrogen and oxygen atoms in total. The van der Waals surface area contributed by atoms with E-state index in [4.69, 9.17) is 9.47 Å². The normalized spacial score (nSPS) is 12.0. The predicted molar refractivity (Wildman–Crippen MR) is 150 cm³/mol. The molecule has 0 aliphatic rings. The second kappa shape index (κ2) is 23.7. The first-order chi connectivity index (χ1) is 18.3. The second-order valence-electron chi connectivity index (χ2n) is 10.1. The Hall–Kier alpha value is -0.930. The van der Waals surface area contributed by atoms with Crippen molar-refractivity contribution in [3.63, 3.8) is 0 Å². The fourth-order valence-electron chi connectivity index (χ4n) is 4.44. The summed E-state index contributed by atoms with van der Waals surface area (Å²) in [6, 6.07) is 5.86. The van der Waals surface area contributed by atoms with Crippen LogP contribution < -0.4 is 29.6 Å². The summed E-state index contributed by atoms with van der Waals surface area (Å²) in [6.45, 7) is 3.93. The smallest absolute Gasteiger partial charge is 0.745 e. The van der Waals surface area contributed by atoms with Crippen LogP contribution in [0.3, 0.4) is 0 Å². The number of benzene rings is 1. The van der Waals surface area contributed by atoms with Crippen molar-refractivity contribution in [2.24, 2.45) is 0 Å². The van der Waals surface area contributed by atoms with E-state index in [1.54, 1.807) is 6.07 Å². The van der Waals surface area contributed by atoms with E-state index in [0.29, 0.717) is 0 Å². The van der Waals surface area contributed by atoms with Gasteiger partial charge in [-0.15, -0.1) is 0 Å². The predicted octanol–water partition coefficient (Wildman–Crippen LogP) is 4.94. The molecule has 0 bridgehead atoms. The molecule has 0 aromatic heterocycles. The molecule has 9 heteroatoms. The number of hydrogen-bond donors (Lipinski definition) is 0. The molecular formula is C30H49NaO7S. The Morgan fingerprint density at radius 2 is 1.08 bits per heavy atom. The molecule has 0 saturated heterocycles. The van der Waals surface area contributed by atoms with Gasteiger partial charge in [-0.2, -0.15) is 0 Å². The summed E-state index contributed by atoms with van der Waals surface area (Å²) >= 11 is 0. The van der Waals surface area contributed by atoms with E-state index >= 15 is 0 Å². The van der Waals surface area contributed by atoms with E-state index < -0.39 is 27.5 Å². The molecule has 0 saturated carbocycles.